The van der Waals surface area contributed by atoms with E-state index in [2.05, 4.69) is 45.9 Å². The van der Waals surface area contributed by atoms with Crippen LogP contribution < -0.4 is 0 Å². The minimum Gasteiger partial charge on any atom is -0.467 e. The number of hydrogen-bond donors (Lipinski definition) is 1. The van der Waals surface area contributed by atoms with E-state index < -0.39 is 6.10 Å². The van der Waals surface area contributed by atoms with Crippen molar-refractivity contribution in [3.63, 3.8) is 0 Å². The highest BCUT2D eigenvalue weighted by atomic mass is 16.4. The Balaban J connectivity index is 2.22. The molecule has 0 aliphatic heterocycles. The quantitative estimate of drug-likeness (QED) is 0.499. The van der Waals surface area contributed by atoms with Crippen molar-refractivity contribution < 1.29 is 9.52 Å². The Kier molecular flexibility index (Phi) is 9.39. The van der Waals surface area contributed by atoms with Gasteiger partial charge in [-0.25, -0.2) is 0 Å². The van der Waals surface area contributed by atoms with Crippen molar-refractivity contribution in [3.05, 3.63) is 59.1 Å². The molecule has 0 bridgehead atoms. The van der Waals surface area contributed by atoms with E-state index >= 15 is 0 Å². The van der Waals surface area contributed by atoms with Crippen molar-refractivity contribution in [1.82, 2.24) is 0 Å². The lowest BCUT2D eigenvalue weighted by Crippen LogP contribution is -1.94. The summed E-state index contributed by atoms with van der Waals surface area (Å²) < 4.78 is 5.21. The number of aliphatic hydroxyl groups excluding tert-OH is 1. The van der Waals surface area contributed by atoms with Crippen LogP contribution in [0.1, 0.15) is 78.1 Å². The number of allylic oxidation sites excluding steroid dienone is 6. The molecule has 0 aromatic carbocycles. The molecule has 1 rings (SSSR count). The van der Waals surface area contributed by atoms with Crippen molar-refractivity contribution in [1.29, 1.82) is 0 Å². The van der Waals surface area contributed by atoms with E-state index in [1.54, 1.807) is 6.26 Å². The number of aliphatic hydroxyl groups is 1. The molecule has 128 valence electrons. The highest BCUT2D eigenvalue weighted by Gasteiger charge is 2.08. The molecule has 0 saturated carbocycles. The van der Waals surface area contributed by atoms with Crippen molar-refractivity contribution in [2.45, 2.75) is 72.3 Å². The maximum Gasteiger partial charge on any atom is 0.132 e. The highest BCUT2D eigenvalue weighted by Crippen LogP contribution is 2.19. The summed E-state index contributed by atoms with van der Waals surface area (Å²) in [6, 6.07) is 3.63. The summed E-state index contributed by atoms with van der Waals surface area (Å²) in [6.07, 6.45) is 14.1. The van der Waals surface area contributed by atoms with Crippen LogP contribution in [0.3, 0.4) is 0 Å². The standard InChI is InChI=1S/C21H32O2/c1-17(2)9-5-10-18(3)11-6-12-19(4)13-7-14-20(22)21-15-8-16-23-21/h8-9,11,13,15-16,20,22H,5-7,10,12,14H2,1-4H3/b18-11+,19-13+. The molecule has 0 saturated heterocycles. The Hall–Kier alpha value is -1.54. The van der Waals surface area contributed by atoms with E-state index in [1.165, 1.54) is 16.7 Å². The Morgan fingerprint density at radius 1 is 1.00 bits per heavy atom. The van der Waals surface area contributed by atoms with E-state index in [0.717, 1.165) is 32.1 Å². The first-order valence-corrected chi connectivity index (χ1v) is 8.65. The Labute approximate surface area is 141 Å². The second-order valence-corrected chi connectivity index (χ2v) is 6.57. The zero-order chi connectivity index (χ0) is 17.1. The van der Waals surface area contributed by atoms with Gasteiger partial charge in [0, 0.05) is 0 Å². The van der Waals surface area contributed by atoms with Crippen LogP contribution in [0.25, 0.3) is 0 Å². The fourth-order valence-electron chi connectivity index (χ4n) is 2.45. The van der Waals surface area contributed by atoms with E-state index in [1.807, 2.05) is 12.1 Å². The average Bonchev–Trinajstić information content (AvgIpc) is 3.01. The first-order valence-electron chi connectivity index (χ1n) is 8.65. The zero-order valence-electron chi connectivity index (χ0n) is 15.1. The molecule has 2 heteroatoms. The lowest BCUT2D eigenvalue weighted by atomic mass is 10.0. The maximum absolute atomic E-state index is 9.96. The third-order valence-electron chi connectivity index (χ3n) is 3.93. The Bertz CT molecular complexity index is 514. The van der Waals surface area contributed by atoms with Crippen LogP contribution in [-0.2, 0) is 0 Å². The average molecular weight is 316 g/mol. The predicted octanol–water partition coefficient (Wildman–Crippen LogP) is 6.51. The molecule has 0 radical (unpaired) electrons. The summed E-state index contributed by atoms with van der Waals surface area (Å²) >= 11 is 0. The zero-order valence-corrected chi connectivity index (χ0v) is 15.1. The van der Waals surface area contributed by atoms with E-state index in [9.17, 15) is 5.11 Å². The number of furan rings is 1. The van der Waals surface area contributed by atoms with Crippen LogP contribution in [0, 0.1) is 0 Å². The second-order valence-electron chi connectivity index (χ2n) is 6.57. The van der Waals surface area contributed by atoms with Crippen molar-refractivity contribution in [2.75, 3.05) is 0 Å². The van der Waals surface area contributed by atoms with Gasteiger partial charge < -0.3 is 9.52 Å². The molecule has 0 aliphatic rings. The topological polar surface area (TPSA) is 33.4 Å². The monoisotopic (exact) mass is 316 g/mol. The van der Waals surface area contributed by atoms with Gasteiger partial charge in [0.15, 0.2) is 0 Å². The molecular formula is C21H32O2. The lowest BCUT2D eigenvalue weighted by molar-refractivity contribution is 0.141. The molecule has 0 aliphatic carbocycles. The van der Waals surface area contributed by atoms with Crippen molar-refractivity contribution in [3.8, 4) is 0 Å². The van der Waals surface area contributed by atoms with Crippen molar-refractivity contribution >= 4 is 0 Å². The summed E-state index contributed by atoms with van der Waals surface area (Å²) in [5, 5.41) is 9.96. The van der Waals surface area contributed by atoms with Crippen LogP contribution in [0.4, 0.5) is 0 Å². The summed E-state index contributed by atoms with van der Waals surface area (Å²) in [5.41, 5.74) is 4.27. The largest absolute Gasteiger partial charge is 0.467 e. The second kappa shape index (κ2) is 11.1. The molecule has 23 heavy (non-hydrogen) atoms. The van der Waals surface area contributed by atoms with Crippen LogP contribution in [0.2, 0.25) is 0 Å². The summed E-state index contributed by atoms with van der Waals surface area (Å²) in [6.45, 7) is 8.69. The first kappa shape index (κ1) is 19.5. The molecule has 1 aromatic rings. The first-order chi connectivity index (χ1) is 11.0. The van der Waals surface area contributed by atoms with Gasteiger partial charge in [-0.15, -0.1) is 0 Å². The molecule has 1 aromatic heterocycles. The highest BCUT2D eigenvalue weighted by molar-refractivity contribution is 5.06. The Morgan fingerprint density at radius 3 is 2.17 bits per heavy atom. The van der Waals surface area contributed by atoms with E-state index in [0.29, 0.717) is 12.2 Å². The maximum atomic E-state index is 9.96. The molecule has 1 heterocycles. The lowest BCUT2D eigenvalue weighted by Gasteiger charge is -2.06. The third-order valence-corrected chi connectivity index (χ3v) is 3.93. The Morgan fingerprint density at radius 2 is 1.61 bits per heavy atom. The van der Waals surface area contributed by atoms with Gasteiger partial charge >= 0.3 is 0 Å². The van der Waals surface area contributed by atoms with Gasteiger partial charge in [0.2, 0.25) is 0 Å². The van der Waals surface area contributed by atoms with Gasteiger partial charge in [0.05, 0.1) is 6.26 Å². The molecular weight excluding hydrogens is 284 g/mol. The molecule has 0 amide bonds. The minimum atomic E-state index is -0.494. The molecule has 1 atom stereocenters. The summed E-state index contributed by atoms with van der Waals surface area (Å²) in [7, 11) is 0. The predicted molar refractivity (Wildman–Crippen MR) is 98.3 cm³/mol. The third kappa shape index (κ3) is 9.25. The van der Waals surface area contributed by atoms with Crippen molar-refractivity contribution in [2.24, 2.45) is 0 Å². The van der Waals surface area contributed by atoms with E-state index in [4.69, 9.17) is 4.42 Å². The van der Waals surface area contributed by atoms with Crippen LogP contribution in [0.15, 0.2) is 57.8 Å². The van der Waals surface area contributed by atoms with Gasteiger partial charge in [0.1, 0.15) is 11.9 Å². The van der Waals surface area contributed by atoms with Gasteiger partial charge in [-0.2, -0.15) is 0 Å². The molecule has 1 N–H and O–H groups in total. The van der Waals surface area contributed by atoms with Gasteiger partial charge in [0.25, 0.3) is 0 Å². The van der Waals surface area contributed by atoms with Crippen LogP contribution >= 0.6 is 0 Å². The van der Waals surface area contributed by atoms with Crippen LogP contribution in [-0.4, -0.2) is 5.11 Å². The fraction of sp³-hybridized carbons (Fsp3) is 0.524. The van der Waals surface area contributed by atoms with E-state index in [-0.39, 0.29) is 0 Å². The molecule has 0 spiro atoms. The number of rotatable bonds is 10. The SMILES string of the molecule is CC(C)=CCC/C(C)=C/CC/C(C)=C/CCC(O)c1ccco1. The molecule has 2 nitrogen and oxygen atoms in total. The summed E-state index contributed by atoms with van der Waals surface area (Å²) in [5.74, 6) is 0.658. The minimum absolute atomic E-state index is 0.494. The van der Waals surface area contributed by atoms with Gasteiger partial charge in [-0.3, -0.25) is 0 Å². The summed E-state index contributed by atoms with van der Waals surface area (Å²) in [4.78, 5) is 0. The smallest absolute Gasteiger partial charge is 0.132 e. The van der Waals surface area contributed by atoms with Gasteiger partial charge in [-0.1, -0.05) is 34.9 Å². The normalized spacial score (nSPS) is 14.0. The van der Waals surface area contributed by atoms with Gasteiger partial charge in [-0.05, 0) is 78.4 Å². The fourth-order valence-corrected chi connectivity index (χ4v) is 2.45. The molecule has 0 fully saturated rings. The molecule has 1 unspecified atom stereocenters. The number of hydrogen-bond acceptors (Lipinski definition) is 2. The van der Waals surface area contributed by atoms with Crippen LogP contribution in [0.5, 0.6) is 0 Å².